The highest BCUT2D eigenvalue weighted by atomic mass is 16.7. The Morgan fingerprint density at radius 3 is 2.40 bits per heavy atom. The van der Waals surface area contributed by atoms with Gasteiger partial charge in [-0.2, -0.15) is 0 Å². The molecule has 30 heavy (non-hydrogen) atoms. The lowest BCUT2D eigenvalue weighted by Gasteiger charge is -2.33. The topological polar surface area (TPSA) is 72.9 Å². The first kappa shape index (κ1) is 24.1. The van der Waals surface area contributed by atoms with E-state index in [1.165, 1.54) is 5.56 Å². The number of Topliss-reactive ketones (excluding diaryl/α,β-unsaturated/α-hetero) is 1. The van der Waals surface area contributed by atoms with E-state index in [1.54, 1.807) is 20.8 Å². The number of ketones is 1. The summed E-state index contributed by atoms with van der Waals surface area (Å²) in [7, 11) is 0. The Kier molecular flexibility index (Phi) is 8.59. The van der Waals surface area contributed by atoms with Crippen LogP contribution in [0.1, 0.15) is 65.9 Å². The van der Waals surface area contributed by atoms with Crippen LogP contribution < -0.4 is 0 Å². The first-order valence-corrected chi connectivity index (χ1v) is 10.9. The van der Waals surface area contributed by atoms with Gasteiger partial charge in [-0.1, -0.05) is 44.2 Å². The molecule has 2 atom stereocenters. The van der Waals surface area contributed by atoms with Crippen LogP contribution in [0, 0.1) is 5.92 Å². The van der Waals surface area contributed by atoms with Gasteiger partial charge >= 0.3 is 12.1 Å². The summed E-state index contributed by atoms with van der Waals surface area (Å²) in [6.45, 7) is 9.57. The molecule has 1 heterocycles. The molecule has 1 aliphatic heterocycles. The summed E-state index contributed by atoms with van der Waals surface area (Å²) < 4.78 is 10.1. The lowest BCUT2D eigenvalue weighted by Crippen LogP contribution is -2.51. The summed E-state index contributed by atoms with van der Waals surface area (Å²) in [6, 6.07) is 9.15. The molecule has 1 fully saturated rings. The maximum absolute atomic E-state index is 12.9. The average molecular weight is 418 g/mol. The highest BCUT2D eigenvalue weighted by molar-refractivity contribution is 5.88. The molecular formula is C24H35NO5. The van der Waals surface area contributed by atoms with Crippen molar-refractivity contribution in [2.45, 2.75) is 84.4 Å². The van der Waals surface area contributed by atoms with Gasteiger partial charge in [0, 0.05) is 6.42 Å². The van der Waals surface area contributed by atoms with E-state index < -0.39 is 23.8 Å². The Morgan fingerprint density at radius 2 is 1.80 bits per heavy atom. The zero-order chi connectivity index (χ0) is 22.3. The van der Waals surface area contributed by atoms with Crippen molar-refractivity contribution < 1.29 is 23.9 Å². The minimum Gasteiger partial charge on any atom is -0.428 e. The molecule has 1 aromatic carbocycles. The molecule has 166 valence electrons. The number of likely N-dealkylation sites (tertiary alicyclic amines) is 1. The highest BCUT2D eigenvalue weighted by Crippen LogP contribution is 2.27. The highest BCUT2D eigenvalue weighted by Gasteiger charge is 2.41. The van der Waals surface area contributed by atoms with E-state index in [4.69, 9.17) is 9.47 Å². The summed E-state index contributed by atoms with van der Waals surface area (Å²) in [6.07, 6.45) is 2.69. The van der Waals surface area contributed by atoms with Crippen LogP contribution >= 0.6 is 0 Å². The fraction of sp³-hybridized carbons (Fsp3) is 0.625. The second kappa shape index (κ2) is 10.7. The smallest absolute Gasteiger partial charge is 0.428 e. The number of ether oxygens (including phenoxy) is 2. The lowest BCUT2D eigenvalue weighted by atomic mass is 9.98. The van der Waals surface area contributed by atoms with Crippen LogP contribution in [0.2, 0.25) is 0 Å². The molecule has 6 heteroatoms. The molecule has 1 unspecified atom stereocenters. The van der Waals surface area contributed by atoms with Crippen molar-refractivity contribution >= 4 is 17.9 Å². The van der Waals surface area contributed by atoms with Gasteiger partial charge in [-0.05, 0) is 64.5 Å². The van der Waals surface area contributed by atoms with Gasteiger partial charge in [0.15, 0.2) is 0 Å². The number of aryl methyl sites for hydroxylation is 1. The predicted molar refractivity (Wildman–Crippen MR) is 115 cm³/mol. The Balaban J connectivity index is 1.97. The Labute approximate surface area is 179 Å². The van der Waals surface area contributed by atoms with Gasteiger partial charge in [0.2, 0.25) is 0 Å². The van der Waals surface area contributed by atoms with E-state index in [9.17, 15) is 14.4 Å². The SMILES string of the molecule is CC(C)[C@H](C(=O)OC(=O)OC(C)(C)C)N1CCCC1C(=O)CCCc1ccccc1. The van der Waals surface area contributed by atoms with Crippen LogP contribution in [0.4, 0.5) is 4.79 Å². The molecule has 0 amide bonds. The Morgan fingerprint density at radius 1 is 1.13 bits per heavy atom. The number of carbonyl (C=O) groups excluding carboxylic acids is 3. The molecule has 1 aliphatic rings. The Bertz CT molecular complexity index is 723. The predicted octanol–water partition coefficient (Wildman–Crippen LogP) is 4.55. The first-order chi connectivity index (χ1) is 14.1. The number of hydrogen-bond donors (Lipinski definition) is 0. The van der Waals surface area contributed by atoms with Crippen molar-refractivity contribution in [3.63, 3.8) is 0 Å². The maximum atomic E-state index is 12.9. The summed E-state index contributed by atoms with van der Waals surface area (Å²) >= 11 is 0. The third kappa shape index (κ3) is 7.24. The molecule has 2 rings (SSSR count). The van der Waals surface area contributed by atoms with Crippen LogP contribution in [0.3, 0.4) is 0 Å². The van der Waals surface area contributed by atoms with Crippen molar-refractivity contribution in [2.75, 3.05) is 6.54 Å². The normalized spacial score (nSPS) is 18.3. The van der Waals surface area contributed by atoms with Crippen molar-refractivity contribution in [3.05, 3.63) is 35.9 Å². The molecule has 0 bridgehead atoms. The number of benzene rings is 1. The van der Waals surface area contributed by atoms with Crippen LogP contribution in [-0.4, -0.2) is 47.0 Å². The number of esters is 1. The van der Waals surface area contributed by atoms with E-state index in [0.717, 1.165) is 25.7 Å². The fourth-order valence-electron chi connectivity index (χ4n) is 3.95. The quantitative estimate of drug-likeness (QED) is 0.456. The van der Waals surface area contributed by atoms with Gasteiger partial charge in [-0.3, -0.25) is 9.69 Å². The van der Waals surface area contributed by atoms with Gasteiger partial charge in [0.05, 0.1) is 6.04 Å². The molecule has 1 aromatic rings. The zero-order valence-electron chi connectivity index (χ0n) is 18.8. The van der Waals surface area contributed by atoms with E-state index in [-0.39, 0.29) is 17.7 Å². The average Bonchev–Trinajstić information content (AvgIpc) is 3.09. The van der Waals surface area contributed by atoms with E-state index in [0.29, 0.717) is 13.0 Å². The van der Waals surface area contributed by atoms with E-state index in [2.05, 4.69) is 12.1 Å². The molecule has 0 aromatic heterocycles. The summed E-state index contributed by atoms with van der Waals surface area (Å²) in [4.78, 5) is 39.5. The second-order valence-electron chi connectivity index (χ2n) is 9.28. The molecule has 0 N–H and O–H groups in total. The fourth-order valence-corrected chi connectivity index (χ4v) is 3.95. The number of carbonyl (C=O) groups is 3. The molecule has 0 aliphatic carbocycles. The van der Waals surface area contributed by atoms with E-state index >= 15 is 0 Å². The van der Waals surface area contributed by atoms with Crippen molar-refractivity contribution in [3.8, 4) is 0 Å². The molecular weight excluding hydrogens is 382 g/mol. The molecule has 0 spiro atoms. The van der Waals surface area contributed by atoms with Gasteiger partial charge in [0.25, 0.3) is 0 Å². The summed E-state index contributed by atoms with van der Waals surface area (Å²) in [5, 5.41) is 0. The molecule has 6 nitrogen and oxygen atoms in total. The van der Waals surface area contributed by atoms with Gasteiger partial charge in [-0.25, -0.2) is 9.59 Å². The third-order valence-electron chi connectivity index (χ3n) is 5.20. The van der Waals surface area contributed by atoms with Crippen LogP contribution in [0.15, 0.2) is 30.3 Å². The van der Waals surface area contributed by atoms with Crippen LogP contribution in [-0.2, 0) is 25.5 Å². The van der Waals surface area contributed by atoms with Crippen LogP contribution in [0.25, 0.3) is 0 Å². The summed E-state index contributed by atoms with van der Waals surface area (Å²) in [5.74, 6) is -0.597. The largest absolute Gasteiger partial charge is 0.516 e. The molecule has 0 radical (unpaired) electrons. The monoisotopic (exact) mass is 417 g/mol. The number of nitrogens with zero attached hydrogens (tertiary/aromatic N) is 1. The maximum Gasteiger partial charge on any atom is 0.516 e. The van der Waals surface area contributed by atoms with Crippen molar-refractivity contribution in [1.29, 1.82) is 0 Å². The zero-order valence-corrected chi connectivity index (χ0v) is 18.8. The van der Waals surface area contributed by atoms with Gasteiger partial charge < -0.3 is 9.47 Å². The standard InChI is InChI=1S/C24H35NO5/c1-17(2)21(22(27)29-23(28)30-24(3,4)5)25-16-10-14-19(25)20(26)15-9-13-18-11-7-6-8-12-18/h6-8,11-12,17,19,21H,9-10,13-16H2,1-5H3/t19?,21-/m1/s1. The number of rotatable bonds is 8. The van der Waals surface area contributed by atoms with Gasteiger partial charge in [0.1, 0.15) is 17.4 Å². The first-order valence-electron chi connectivity index (χ1n) is 10.9. The lowest BCUT2D eigenvalue weighted by molar-refractivity contribution is -0.150. The molecule has 0 saturated carbocycles. The molecule has 1 saturated heterocycles. The summed E-state index contributed by atoms with van der Waals surface area (Å²) in [5.41, 5.74) is 0.477. The van der Waals surface area contributed by atoms with E-state index in [1.807, 2.05) is 36.9 Å². The Hall–Kier alpha value is -2.21. The second-order valence-corrected chi connectivity index (χ2v) is 9.28. The minimum absolute atomic E-state index is 0.0994. The van der Waals surface area contributed by atoms with Crippen molar-refractivity contribution in [2.24, 2.45) is 5.92 Å². The van der Waals surface area contributed by atoms with Crippen molar-refractivity contribution in [1.82, 2.24) is 4.90 Å². The minimum atomic E-state index is -0.997. The van der Waals surface area contributed by atoms with Gasteiger partial charge in [-0.15, -0.1) is 0 Å². The third-order valence-corrected chi connectivity index (χ3v) is 5.20. The van der Waals surface area contributed by atoms with Crippen LogP contribution in [0.5, 0.6) is 0 Å². The number of hydrogen-bond acceptors (Lipinski definition) is 6.